The van der Waals surface area contributed by atoms with Gasteiger partial charge in [-0.05, 0) is 31.9 Å². The van der Waals surface area contributed by atoms with Crippen molar-refractivity contribution in [1.82, 2.24) is 5.32 Å². The standard InChI is InChI=1S/C10H22N2/c1-4-6-10(9(3)11)7-8-12-5-2/h5,9-10,12H,2,4,6-8,11H2,1,3H3. The van der Waals surface area contributed by atoms with Crippen LogP contribution in [-0.2, 0) is 0 Å². The molecule has 0 aliphatic carbocycles. The maximum atomic E-state index is 5.85. The fraction of sp³-hybridized carbons (Fsp3) is 0.800. The van der Waals surface area contributed by atoms with Gasteiger partial charge < -0.3 is 11.1 Å². The Morgan fingerprint density at radius 3 is 2.58 bits per heavy atom. The molecule has 0 spiro atoms. The summed E-state index contributed by atoms with van der Waals surface area (Å²) in [7, 11) is 0. The average molecular weight is 170 g/mol. The summed E-state index contributed by atoms with van der Waals surface area (Å²) in [5, 5.41) is 3.10. The van der Waals surface area contributed by atoms with Crippen molar-refractivity contribution >= 4 is 0 Å². The zero-order valence-electron chi connectivity index (χ0n) is 8.34. The highest BCUT2D eigenvalue weighted by Gasteiger charge is 2.11. The van der Waals surface area contributed by atoms with Crippen molar-refractivity contribution in [1.29, 1.82) is 0 Å². The quantitative estimate of drug-likeness (QED) is 0.572. The first-order chi connectivity index (χ1) is 5.72. The van der Waals surface area contributed by atoms with Crippen LogP contribution in [0.4, 0.5) is 0 Å². The van der Waals surface area contributed by atoms with E-state index in [1.54, 1.807) is 6.20 Å². The van der Waals surface area contributed by atoms with Crippen LogP contribution >= 0.6 is 0 Å². The van der Waals surface area contributed by atoms with Crippen molar-refractivity contribution in [3.8, 4) is 0 Å². The van der Waals surface area contributed by atoms with Gasteiger partial charge in [0.2, 0.25) is 0 Å². The highest BCUT2D eigenvalue weighted by Crippen LogP contribution is 2.13. The molecule has 12 heavy (non-hydrogen) atoms. The van der Waals surface area contributed by atoms with Gasteiger partial charge in [-0.3, -0.25) is 0 Å². The molecule has 2 unspecified atom stereocenters. The second-order valence-corrected chi connectivity index (χ2v) is 3.35. The van der Waals surface area contributed by atoms with Gasteiger partial charge in [0.15, 0.2) is 0 Å². The molecule has 0 saturated carbocycles. The van der Waals surface area contributed by atoms with E-state index in [1.807, 2.05) is 0 Å². The fourth-order valence-electron chi connectivity index (χ4n) is 1.41. The predicted octanol–water partition coefficient (Wildman–Crippen LogP) is 1.87. The van der Waals surface area contributed by atoms with Crippen LogP contribution in [-0.4, -0.2) is 12.6 Å². The fourth-order valence-corrected chi connectivity index (χ4v) is 1.41. The molecule has 0 fully saturated rings. The minimum absolute atomic E-state index is 0.316. The van der Waals surface area contributed by atoms with Gasteiger partial charge in [0.25, 0.3) is 0 Å². The number of nitrogens with one attached hydrogen (secondary N) is 1. The molecular weight excluding hydrogens is 148 g/mol. The highest BCUT2D eigenvalue weighted by molar-refractivity contribution is 4.71. The van der Waals surface area contributed by atoms with E-state index in [0.29, 0.717) is 12.0 Å². The molecule has 3 N–H and O–H groups in total. The van der Waals surface area contributed by atoms with Crippen LogP contribution in [0.3, 0.4) is 0 Å². The lowest BCUT2D eigenvalue weighted by atomic mass is 9.93. The molecule has 0 saturated heterocycles. The summed E-state index contributed by atoms with van der Waals surface area (Å²) >= 11 is 0. The van der Waals surface area contributed by atoms with Crippen molar-refractivity contribution in [3.63, 3.8) is 0 Å². The van der Waals surface area contributed by atoms with Crippen LogP contribution in [0.1, 0.15) is 33.1 Å². The van der Waals surface area contributed by atoms with Gasteiger partial charge in [-0.2, -0.15) is 0 Å². The van der Waals surface area contributed by atoms with E-state index in [-0.39, 0.29) is 0 Å². The normalized spacial score (nSPS) is 15.2. The Morgan fingerprint density at radius 1 is 1.50 bits per heavy atom. The molecule has 0 bridgehead atoms. The molecule has 0 rings (SSSR count). The van der Waals surface area contributed by atoms with Crippen molar-refractivity contribution < 1.29 is 0 Å². The average Bonchev–Trinajstić information content (AvgIpc) is 2.03. The molecule has 2 nitrogen and oxygen atoms in total. The van der Waals surface area contributed by atoms with Gasteiger partial charge >= 0.3 is 0 Å². The van der Waals surface area contributed by atoms with Crippen LogP contribution in [0.5, 0.6) is 0 Å². The van der Waals surface area contributed by atoms with Crippen LogP contribution in [0.15, 0.2) is 12.8 Å². The van der Waals surface area contributed by atoms with E-state index < -0.39 is 0 Å². The second kappa shape index (κ2) is 7.17. The minimum Gasteiger partial charge on any atom is -0.391 e. The third-order valence-electron chi connectivity index (χ3n) is 2.21. The minimum atomic E-state index is 0.316. The van der Waals surface area contributed by atoms with Crippen molar-refractivity contribution in [2.24, 2.45) is 11.7 Å². The second-order valence-electron chi connectivity index (χ2n) is 3.35. The Bertz CT molecular complexity index is 110. The predicted molar refractivity (Wildman–Crippen MR) is 54.9 cm³/mol. The lowest BCUT2D eigenvalue weighted by molar-refractivity contribution is 0.381. The summed E-state index contributed by atoms with van der Waals surface area (Å²) in [6.45, 7) is 8.90. The highest BCUT2D eigenvalue weighted by atomic mass is 14.8. The van der Waals surface area contributed by atoms with Crippen LogP contribution < -0.4 is 11.1 Å². The summed E-state index contributed by atoms with van der Waals surface area (Å²) in [5.74, 6) is 0.655. The molecule has 0 aromatic carbocycles. The Balaban J connectivity index is 3.55. The van der Waals surface area contributed by atoms with Crippen molar-refractivity contribution in [2.75, 3.05) is 6.54 Å². The lowest BCUT2D eigenvalue weighted by Crippen LogP contribution is -2.28. The van der Waals surface area contributed by atoms with E-state index in [0.717, 1.165) is 13.0 Å². The lowest BCUT2D eigenvalue weighted by Gasteiger charge is -2.19. The van der Waals surface area contributed by atoms with Gasteiger partial charge in [0.05, 0.1) is 0 Å². The summed E-state index contributed by atoms with van der Waals surface area (Å²) in [6.07, 6.45) is 5.35. The first-order valence-electron chi connectivity index (χ1n) is 4.82. The van der Waals surface area contributed by atoms with E-state index in [2.05, 4.69) is 25.7 Å². The van der Waals surface area contributed by atoms with Crippen LogP contribution in [0.25, 0.3) is 0 Å². The Kier molecular flexibility index (Phi) is 6.87. The summed E-state index contributed by atoms with van der Waals surface area (Å²) < 4.78 is 0. The number of hydrogen-bond acceptors (Lipinski definition) is 2. The summed E-state index contributed by atoms with van der Waals surface area (Å²) in [6, 6.07) is 0.316. The summed E-state index contributed by atoms with van der Waals surface area (Å²) in [5.41, 5.74) is 5.85. The first-order valence-corrected chi connectivity index (χ1v) is 4.82. The Morgan fingerprint density at radius 2 is 2.17 bits per heavy atom. The van der Waals surface area contributed by atoms with Gasteiger partial charge in [-0.15, -0.1) is 0 Å². The largest absolute Gasteiger partial charge is 0.391 e. The molecule has 72 valence electrons. The van der Waals surface area contributed by atoms with Crippen molar-refractivity contribution in [3.05, 3.63) is 12.8 Å². The molecule has 0 heterocycles. The molecule has 0 aliphatic rings. The first kappa shape index (κ1) is 11.5. The van der Waals surface area contributed by atoms with E-state index in [9.17, 15) is 0 Å². The molecular formula is C10H22N2. The zero-order chi connectivity index (χ0) is 9.40. The van der Waals surface area contributed by atoms with Gasteiger partial charge in [-0.25, -0.2) is 0 Å². The van der Waals surface area contributed by atoms with Crippen LogP contribution in [0.2, 0.25) is 0 Å². The molecule has 0 aliphatic heterocycles. The third-order valence-corrected chi connectivity index (χ3v) is 2.21. The molecule has 0 aromatic rings. The number of nitrogens with two attached hydrogens (primary N) is 1. The van der Waals surface area contributed by atoms with Gasteiger partial charge in [0.1, 0.15) is 0 Å². The van der Waals surface area contributed by atoms with E-state index in [4.69, 9.17) is 5.73 Å². The molecule has 0 radical (unpaired) electrons. The van der Waals surface area contributed by atoms with Crippen molar-refractivity contribution in [2.45, 2.75) is 39.2 Å². The maximum absolute atomic E-state index is 5.85. The smallest absolute Gasteiger partial charge is 0.0144 e. The topological polar surface area (TPSA) is 38.0 Å². The SMILES string of the molecule is C=CNCCC(CCC)C(C)N. The molecule has 2 heteroatoms. The monoisotopic (exact) mass is 170 g/mol. The van der Waals surface area contributed by atoms with E-state index >= 15 is 0 Å². The van der Waals surface area contributed by atoms with Gasteiger partial charge in [0, 0.05) is 12.6 Å². The maximum Gasteiger partial charge on any atom is 0.0144 e. The number of rotatable bonds is 7. The van der Waals surface area contributed by atoms with Gasteiger partial charge in [-0.1, -0.05) is 19.9 Å². The number of hydrogen-bond donors (Lipinski definition) is 2. The zero-order valence-corrected chi connectivity index (χ0v) is 8.34. The Hall–Kier alpha value is -0.500. The van der Waals surface area contributed by atoms with E-state index in [1.165, 1.54) is 12.8 Å². The molecule has 0 aromatic heterocycles. The molecule has 2 atom stereocenters. The third kappa shape index (κ3) is 5.19. The van der Waals surface area contributed by atoms with Crippen LogP contribution in [0, 0.1) is 5.92 Å². The summed E-state index contributed by atoms with van der Waals surface area (Å²) in [4.78, 5) is 0. The Labute approximate surface area is 76.2 Å². The molecule has 0 amide bonds.